The number of carbonyl (C=O) groups is 1. The Morgan fingerprint density at radius 1 is 1.00 bits per heavy atom. The van der Waals surface area contributed by atoms with Crippen molar-refractivity contribution in [2.24, 2.45) is 0 Å². The summed E-state index contributed by atoms with van der Waals surface area (Å²) in [6.07, 6.45) is 4.91. The molecule has 0 radical (unpaired) electrons. The van der Waals surface area contributed by atoms with E-state index in [1.165, 1.54) is 10.1 Å². The van der Waals surface area contributed by atoms with Crippen LogP contribution in [-0.4, -0.2) is 53.0 Å². The van der Waals surface area contributed by atoms with E-state index in [2.05, 4.69) is 35.2 Å². The van der Waals surface area contributed by atoms with Gasteiger partial charge in [-0.05, 0) is 50.9 Å². The van der Waals surface area contributed by atoms with E-state index in [1.807, 2.05) is 11.0 Å². The number of amides is 1. The first kappa shape index (κ1) is 19.4. The van der Waals surface area contributed by atoms with Crippen molar-refractivity contribution in [1.29, 1.82) is 0 Å². The Morgan fingerprint density at radius 2 is 1.81 bits per heavy atom. The van der Waals surface area contributed by atoms with Crippen LogP contribution in [0.4, 0.5) is 0 Å². The van der Waals surface area contributed by atoms with Crippen molar-refractivity contribution >= 4 is 5.91 Å². The molecule has 0 bridgehead atoms. The molecule has 1 aromatic carbocycles. The average molecular weight is 367 g/mol. The Morgan fingerprint density at radius 3 is 2.63 bits per heavy atom. The van der Waals surface area contributed by atoms with E-state index in [-0.39, 0.29) is 18.0 Å². The first-order valence-corrected chi connectivity index (χ1v) is 9.83. The van der Waals surface area contributed by atoms with Crippen molar-refractivity contribution < 1.29 is 4.79 Å². The zero-order valence-corrected chi connectivity index (χ0v) is 16.1. The number of aromatic nitrogens is 1. The third-order valence-electron chi connectivity index (χ3n) is 5.24. The van der Waals surface area contributed by atoms with Crippen molar-refractivity contribution in [3.8, 4) is 0 Å². The van der Waals surface area contributed by atoms with Crippen LogP contribution < -0.4 is 5.56 Å². The van der Waals surface area contributed by atoms with Gasteiger partial charge in [0.2, 0.25) is 5.91 Å². The van der Waals surface area contributed by atoms with Gasteiger partial charge in [0.1, 0.15) is 6.54 Å². The van der Waals surface area contributed by atoms with Crippen molar-refractivity contribution in [3.05, 3.63) is 70.1 Å². The Kier molecular flexibility index (Phi) is 6.82. The molecule has 0 unspecified atom stereocenters. The highest BCUT2D eigenvalue weighted by atomic mass is 16.2. The lowest BCUT2D eigenvalue weighted by Crippen LogP contribution is -2.39. The summed E-state index contributed by atoms with van der Waals surface area (Å²) < 4.78 is 1.51. The SMILES string of the molecule is Cc1cccn(CC(=O)N2CCCN(CCCc3ccccc3)CC2)c1=O. The van der Waals surface area contributed by atoms with Gasteiger partial charge in [0.25, 0.3) is 5.56 Å². The van der Waals surface area contributed by atoms with Crippen LogP contribution in [0.25, 0.3) is 0 Å². The number of nitrogens with zero attached hydrogens (tertiary/aromatic N) is 3. The maximum absolute atomic E-state index is 12.6. The smallest absolute Gasteiger partial charge is 0.253 e. The second-order valence-corrected chi connectivity index (χ2v) is 7.29. The average Bonchev–Trinajstić information content (AvgIpc) is 2.92. The number of carbonyl (C=O) groups excluding carboxylic acids is 1. The fourth-order valence-corrected chi connectivity index (χ4v) is 3.62. The molecule has 1 fully saturated rings. The number of hydrogen-bond donors (Lipinski definition) is 0. The van der Waals surface area contributed by atoms with E-state index in [0.29, 0.717) is 5.56 Å². The predicted molar refractivity (Wildman–Crippen MR) is 108 cm³/mol. The van der Waals surface area contributed by atoms with Crippen LogP contribution >= 0.6 is 0 Å². The topological polar surface area (TPSA) is 45.6 Å². The van der Waals surface area contributed by atoms with E-state index in [9.17, 15) is 9.59 Å². The lowest BCUT2D eigenvalue weighted by Gasteiger charge is -2.22. The molecule has 1 aliphatic rings. The molecule has 5 nitrogen and oxygen atoms in total. The third kappa shape index (κ3) is 5.54. The highest BCUT2D eigenvalue weighted by molar-refractivity contribution is 5.76. The summed E-state index contributed by atoms with van der Waals surface area (Å²) in [7, 11) is 0. The number of pyridine rings is 1. The maximum Gasteiger partial charge on any atom is 0.253 e. The lowest BCUT2D eigenvalue weighted by atomic mass is 10.1. The molecule has 1 amide bonds. The summed E-state index contributed by atoms with van der Waals surface area (Å²) in [5.74, 6) is 0.0360. The van der Waals surface area contributed by atoms with E-state index in [1.54, 1.807) is 19.2 Å². The monoisotopic (exact) mass is 367 g/mol. The second kappa shape index (κ2) is 9.51. The van der Waals surface area contributed by atoms with Crippen LogP contribution in [0.3, 0.4) is 0 Å². The highest BCUT2D eigenvalue weighted by Crippen LogP contribution is 2.08. The van der Waals surface area contributed by atoms with Gasteiger partial charge in [0.15, 0.2) is 0 Å². The maximum atomic E-state index is 12.6. The van der Waals surface area contributed by atoms with Crippen LogP contribution in [0.1, 0.15) is 24.0 Å². The zero-order valence-electron chi connectivity index (χ0n) is 16.1. The van der Waals surface area contributed by atoms with Gasteiger partial charge in [0, 0.05) is 31.4 Å². The molecule has 2 heterocycles. The Hall–Kier alpha value is -2.40. The van der Waals surface area contributed by atoms with Gasteiger partial charge in [-0.3, -0.25) is 9.59 Å². The van der Waals surface area contributed by atoms with E-state index in [0.717, 1.165) is 52.0 Å². The molecule has 0 spiro atoms. The fourth-order valence-electron chi connectivity index (χ4n) is 3.62. The number of rotatable bonds is 6. The molecule has 27 heavy (non-hydrogen) atoms. The molecule has 5 heteroatoms. The molecule has 0 aliphatic carbocycles. The second-order valence-electron chi connectivity index (χ2n) is 7.29. The molecule has 0 N–H and O–H groups in total. The van der Waals surface area contributed by atoms with Gasteiger partial charge in [-0.25, -0.2) is 0 Å². The largest absolute Gasteiger partial charge is 0.340 e. The minimum Gasteiger partial charge on any atom is -0.340 e. The zero-order chi connectivity index (χ0) is 19.1. The van der Waals surface area contributed by atoms with Crippen molar-refractivity contribution in [1.82, 2.24) is 14.4 Å². The predicted octanol–water partition coefficient (Wildman–Crippen LogP) is 2.32. The quantitative estimate of drug-likeness (QED) is 0.787. The number of hydrogen-bond acceptors (Lipinski definition) is 3. The summed E-state index contributed by atoms with van der Waals surface area (Å²) in [5, 5.41) is 0. The van der Waals surface area contributed by atoms with Crippen molar-refractivity contribution in [2.45, 2.75) is 32.7 Å². The molecule has 3 rings (SSSR count). The Labute approximate surface area is 161 Å². The molecule has 1 saturated heterocycles. The Balaban J connectivity index is 1.47. The van der Waals surface area contributed by atoms with Crippen LogP contribution in [-0.2, 0) is 17.8 Å². The fraction of sp³-hybridized carbons (Fsp3) is 0.455. The molecule has 1 aromatic heterocycles. The normalized spacial score (nSPS) is 15.5. The lowest BCUT2D eigenvalue weighted by molar-refractivity contribution is -0.131. The van der Waals surface area contributed by atoms with Gasteiger partial charge >= 0.3 is 0 Å². The van der Waals surface area contributed by atoms with Gasteiger partial charge in [-0.1, -0.05) is 36.4 Å². The van der Waals surface area contributed by atoms with E-state index < -0.39 is 0 Å². The Bertz CT molecular complexity index is 801. The molecule has 144 valence electrons. The summed E-state index contributed by atoms with van der Waals surface area (Å²) in [6.45, 7) is 6.43. The minimum atomic E-state index is -0.0804. The molecular formula is C22H29N3O2. The summed E-state index contributed by atoms with van der Waals surface area (Å²) in [6, 6.07) is 14.2. The molecule has 0 atom stereocenters. The molecule has 2 aromatic rings. The standard InChI is InChI=1S/C22H29N3O2/c1-19-8-5-14-25(22(19)27)18-21(26)24-15-7-13-23(16-17-24)12-6-11-20-9-3-2-4-10-20/h2-5,8-10,14H,6-7,11-13,15-18H2,1H3. The van der Waals surface area contributed by atoms with Crippen LogP contribution in [0.2, 0.25) is 0 Å². The van der Waals surface area contributed by atoms with Crippen LogP contribution in [0.15, 0.2) is 53.5 Å². The van der Waals surface area contributed by atoms with Gasteiger partial charge in [0.05, 0.1) is 0 Å². The third-order valence-corrected chi connectivity index (χ3v) is 5.24. The van der Waals surface area contributed by atoms with Crippen molar-refractivity contribution in [3.63, 3.8) is 0 Å². The van der Waals surface area contributed by atoms with Crippen LogP contribution in [0.5, 0.6) is 0 Å². The molecule has 0 saturated carbocycles. The first-order valence-electron chi connectivity index (χ1n) is 9.83. The van der Waals surface area contributed by atoms with Crippen LogP contribution in [0, 0.1) is 6.92 Å². The van der Waals surface area contributed by atoms with Gasteiger partial charge < -0.3 is 14.4 Å². The molecule has 1 aliphatic heterocycles. The highest BCUT2D eigenvalue weighted by Gasteiger charge is 2.19. The van der Waals surface area contributed by atoms with E-state index >= 15 is 0 Å². The summed E-state index contributed by atoms with van der Waals surface area (Å²) in [4.78, 5) is 29.1. The van der Waals surface area contributed by atoms with E-state index in [4.69, 9.17) is 0 Å². The summed E-state index contributed by atoms with van der Waals surface area (Å²) in [5.41, 5.74) is 1.97. The van der Waals surface area contributed by atoms with Gasteiger partial charge in [-0.2, -0.15) is 0 Å². The number of aryl methyl sites for hydroxylation is 2. The first-order chi connectivity index (χ1) is 13.1. The number of benzene rings is 1. The van der Waals surface area contributed by atoms with Gasteiger partial charge in [-0.15, -0.1) is 0 Å². The summed E-state index contributed by atoms with van der Waals surface area (Å²) >= 11 is 0. The minimum absolute atomic E-state index is 0.0360. The molecular weight excluding hydrogens is 338 g/mol. The van der Waals surface area contributed by atoms with Crippen molar-refractivity contribution in [2.75, 3.05) is 32.7 Å².